The first-order valence-corrected chi connectivity index (χ1v) is 4.59. The summed E-state index contributed by atoms with van der Waals surface area (Å²) in [5, 5.41) is 20.5. The van der Waals surface area contributed by atoms with Crippen molar-refractivity contribution in [1.82, 2.24) is 0 Å². The van der Waals surface area contributed by atoms with Gasteiger partial charge in [0, 0.05) is 17.5 Å². The topological polar surface area (TPSA) is 53.6 Å². The van der Waals surface area contributed by atoms with Crippen LogP contribution >= 0.6 is 0 Å². The second kappa shape index (κ2) is 2.67. The summed E-state index contributed by atoms with van der Waals surface area (Å²) in [6.45, 7) is 0. The lowest BCUT2D eigenvalue weighted by molar-refractivity contribution is 0.454. The fraction of sp³-hybridized carbons (Fsp3) is 0. The maximum Gasteiger partial charge on any atom is 0.142 e. The van der Waals surface area contributed by atoms with E-state index < -0.39 is 0 Å². The molecule has 3 rings (SSSR count). The van der Waals surface area contributed by atoms with Crippen molar-refractivity contribution in [3.8, 4) is 11.5 Å². The van der Waals surface area contributed by atoms with Crippen LogP contribution in [0.2, 0.25) is 0 Å². The smallest absolute Gasteiger partial charge is 0.142 e. The van der Waals surface area contributed by atoms with E-state index in [0.29, 0.717) is 16.6 Å². The molecule has 0 saturated heterocycles. The molecule has 15 heavy (non-hydrogen) atoms. The van der Waals surface area contributed by atoms with Crippen LogP contribution in [-0.2, 0) is 0 Å². The largest absolute Gasteiger partial charge is 0.508 e. The number of hydrogen-bond acceptors (Lipinski definition) is 3. The summed E-state index contributed by atoms with van der Waals surface area (Å²) in [5.74, 6) is 0.0361. The summed E-state index contributed by atoms with van der Waals surface area (Å²) < 4.78 is 5.49. The highest BCUT2D eigenvalue weighted by Gasteiger charge is 2.11. The van der Waals surface area contributed by atoms with E-state index in [4.69, 9.17) is 4.42 Å². The standard InChI is InChI=1S/C12H8O3/c13-7-5-9(14)12-8-3-1-2-4-10(8)15-11(12)6-7/h1-6,13-14H. The molecule has 0 bridgehead atoms. The molecule has 3 nitrogen and oxygen atoms in total. The van der Waals surface area contributed by atoms with E-state index in [2.05, 4.69) is 0 Å². The van der Waals surface area contributed by atoms with Gasteiger partial charge in [0.05, 0.1) is 5.39 Å². The SMILES string of the molecule is Oc1cc(O)c2c(c1)oc1ccccc12. The van der Waals surface area contributed by atoms with E-state index in [1.165, 1.54) is 12.1 Å². The van der Waals surface area contributed by atoms with Crippen LogP contribution in [-0.4, -0.2) is 10.2 Å². The second-order valence-electron chi connectivity index (χ2n) is 3.44. The number of hydrogen-bond donors (Lipinski definition) is 2. The average Bonchev–Trinajstić information content (AvgIpc) is 2.54. The second-order valence-corrected chi connectivity index (χ2v) is 3.44. The van der Waals surface area contributed by atoms with Gasteiger partial charge in [0.15, 0.2) is 0 Å². The molecule has 74 valence electrons. The fourth-order valence-corrected chi connectivity index (χ4v) is 1.82. The van der Waals surface area contributed by atoms with Crippen LogP contribution < -0.4 is 0 Å². The minimum atomic E-state index is -0.000874. The molecule has 0 spiro atoms. The van der Waals surface area contributed by atoms with Crippen LogP contribution in [0.1, 0.15) is 0 Å². The molecule has 3 aromatic rings. The van der Waals surface area contributed by atoms with Crippen molar-refractivity contribution in [2.75, 3.05) is 0 Å². The third-order valence-electron chi connectivity index (χ3n) is 2.44. The Kier molecular flexibility index (Phi) is 1.45. The monoisotopic (exact) mass is 200 g/mol. The number of fused-ring (bicyclic) bond motifs is 3. The minimum Gasteiger partial charge on any atom is -0.508 e. The van der Waals surface area contributed by atoms with Gasteiger partial charge >= 0.3 is 0 Å². The van der Waals surface area contributed by atoms with E-state index in [-0.39, 0.29) is 11.5 Å². The summed E-state index contributed by atoms with van der Waals surface area (Å²) in [7, 11) is 0. The molecule has 0 saturated carbocycles. The van der Waals surface area contributed by atoms with Crippen molar-refractivity contribution in [2.24, 2.45) is 0 Å². The first kappa shape index (κ1) is 8.17. The molecule has 2 aromatic carbocycles. The molecule has 0 radical (unpaired) electrons. The number of phenols is 2. The highest BCUT2D eigenvalue weighted by molar-refractivity contribution is 6.08. The van der Waals surface area contributed by atoms with E-state index in [9.17, 15) is 10.2 Å². The van der Waals surface area contributed by atoms with Crippen molar-refractivity contribution < 1.29 is 14.6 Å². The van der Waals surface area contributed by atoms with Crippen molar-refractivity contribution in [1.29, 1.82) is 0 Å². The normalized spacial score (nSPS) is 11.2. The molecular formula is C12H8O3. The lowest BCUT2D eigenvalue weighted by Gasteiger charge is -1.95. The third kappa shape index (κ3) is 1.06. The van der Waals surface area contributed by atoms with Gasteiger partial charge in [0.25, 0.3) is 0 Å². The summed E-state index contributed by atoms with van der Waals surface area (Å²) in [5.41, 5.74) is 1.20. The maximum atomic E-state index is 9.72. The molecule has 2 N–H and O–H groups in total. The zero-order valence-corrected chi connectivity index (χ0v) is 7.77. The number of rotatable bonds is 0. The molecule has 1 aromatic heterocycles. The van der Waals surface area contributed by atoms with Crippen LogP contribution in [0.5, 0.6) is 11.5 Å². The predicted octanol–water partition coefficient (Wildman–Crippen LogP) is 3.00. The van der Waals surface area contributed by atoms with E-state index in [1.807, 2.05) is 24.3 Å². The number of benzene rings is 2. The van der Waals surface area contributed by atoms with Gasteiger partial charge in [-0.3, -0.25) is 0 Å². The van der Waals surface area contributed by atoms with Gasteiger partial charge in [0.2, 0.25) is 0 Å². The van der Waals surface area contributed by atoms with Gasteiger partial charge in [-0.25, -0.2) is 0 Å². The third-order valence-corrected chi connectivity index (χ3v) is 2.44. The van der Waals surface area contributed by atoms with Gasteiger partial charge in [-0.2, -0.15) is 0 Å². The molecule has 3 heteroatoms. The Labute approximate surface area is 85.2 Å². The first-order valence-electron chi connectivity index (χ1n) is 4.59. The summed E-state index contributed by atoms with van der Waals surface area (Å²) in [6, 6.07) is 10.2. The molecule has 0 unspecified atom stereocenters. The summed E-state index contributed by atoms with van der Waals surface area (Å²) in [6.07, 6.45) is 0. The molecule has 0 atom stereocenters. The summed E-state index contributed by atoms with van der Waals surface area (Å²) >= 11 is 0. The Bertz CT molecular complexity index is 652. The lowest BCUT2D eigenvalue weighted by atomic mass is 10.1. The van der Waals surface area contributed by atoms with Crippen molar-refractivity contribution in [3.05, 3.63) is 36.4 Å². The Morgan fingerprint density at radius 1 is 0.933 bits per heavy atom. The van der Waals surface area contributed by atoms with Crippen LogP contribution in [0.4, 0.5) is 0 Å². The number of furan rings is 1. The number of phenolic OH excluding ortho intramolecular Hbond substituents is 2. The highest BCUT2D eigenvalue weighted by atomic mass is 16.3. The van der Waals surface area contributed by atoms with Crippen LogP contribution in [0.3, 0.4) is 0 Å². The molecule has 0 aliphatic carbocycles. The molecule has 1 heterocycles. The van der Waals surface area contributed by atoms with E-state index in [0.717, 1.165) is 5.39 Å². The zero-order chi connectivity index (χ0) is 10.4. The Morgan fingerprint density at radius 3 is 2.60 bits per heavy atom. The van der Waals surface area contributed by atoms with Crippen molar-refractivity contribution in [3.63, 3.8) is 0 Å². The van der Waals surface area contributed by atoms with Gasteiger partial charge in [0.1, 0.15) is 22.7 Å². The zero-order valence-electron chi connectivity index (χ0n) is 7.77. The minimum absolute atomic E-state index is 0.000874. The fourth-order valence-electron chi connectivity index (χ4n) is 1.82. The van der Waals surface area contributed by atoms with Crippen molar-refractivity contribution >= 4 is 21.9 Å². The Morgan fingerprint density at radius 2 is 1.73 bits per heavy atom. The number of aromatic hydroxyl groups is 2. The van der Waals surface area contributed by atoms with Gasteiger partial charge < -0.3 is 14.6 Å². The van der Waals surface area contributed by atoms with Crippen LogP contribution in [0.25, 0.3) is 21.9 Å². The quantitative estimate of drug-likeness (QED) is 0.586. The van der Waals surface area contributed by atoms with Crippen molar-refractivity contribution in [2.45, 2.75) is 0 Å². The van der Waals surface area contributed by atoms with Crippen LogP contribution in [0.15, 0.2) is 40.8 Å². The maximum absolute atomic E-state index is 9.72. The number of para-hydroxylation sites is 1. The molecule has 0 fully saturated rings. The summed E-state index contributed by atoms with van der Waals surface area (Å²) in [4.78, 5) is 0. The first-order chi connectivity index (χ1) is 7.25. The Balaban J connectivity index is 2.61. The highest BCUT2D eigenvalue weighted by Crippen LogP contribution is 2.37. The van der Waals surface area contributed by atoms with Gasteiger partial charge in [-0.05, 0) is 6.07 Å². The Hall–Kier alpha value is -2.16. The van der Waals surface area contributed by atoms with Gasteiger partial charge in [-0.15, -0.1) is 0 Å². The molecule has 0 aliphatic heterocycles. The lowest BCUT2D eigenvalue weighted by Crippen LogP contribution is -1.69. The molecule has 0 aliphatic rings. The predicted molar refractivity (Wildman–Crippen MR) is 57.0 cm³/mol. The van der Waals surface area contributed by atoms with Gasteiger partial charge in [-0.1, -0.05) is 18.2 Å². The van der Waals surface area contributed by atoms with Crippen LogP contribution in [0, 0.1) is 0 Å². The average molecular weight is 200 g/mol. The molecular weight excluding hydrogens is 192 g/mol. The van der Waals surface area contributed by atoms with E-state index >= 15 is 0 Å². The molecule has 0 amide bonds. The van der Waals surface area contributed by atoms with E-state index in [1.54, 1.807) is 0 Å².